The van der Waals surface area contributed by atoms with E-state index in [9.17, 15) is 0 Å². The van der Waals surface area contributed by atoms with Crippen LogP contribution < -0.4 is 0 Å². The molecule has 0 N–H and O–H groups in total. The van der Waals surface area contributed by atoms with E-state index in [4.69, 9.17) is 0 Å². The Morgan fingerprint density at radius 2 is 0.940 bits per heavy atom. The van der Waals surface area contributed by atoms with Crippen molar-refractivity contribution in [1.29, 1.82) is 0 Å². The van der Waals surface area contributed by atoms with Crippen LogP contribution >= 0.6 is 0 Å². The van der Waals surface area contributed by atoms with E-state index in [2.05, 4.69) is 82.2 Å². The van der Waals surface area contributed by atoms with Crippen LogP contribution in [0.2, 0.25) is 0 Å². The minimum Gasteiger partial charge on any atom is -0.670 e. The molecule has 0 bridgehead atoms. The molecule has 0 saturated heterocycles. The van der Waals surface area contributed by atoms with Crippen molar-refractivity contribution in [2.75, 3.05) is 0 Å². The maximum atomic E-state index is 4.06. The third-order valence-corrected chi connectivity index (χ3v) is 7.08. The largest absolute Gasteiger partial charge is 0.670 e. The molecule has 3 aliphatic heterocycles. The molecule has 50 heavy (non-hydrogen) atoms. The number of rotatable bonds is 7. The molecule has 6 heterocycles. The van der Waals surface area contributed by atoms with Gasteiger partial charge in [0.25, 0.3) is 0 Å². The fourth-order valence-corrected chi connectivity index (χ4v) is 4.24. The summed E-state index contributed by atoms with van der Waals surface area (Å²) >= 11 is 0. The van der Waals surface area contributed by atoms with Crippen LogP contribution in [0.1, 0.15) is 62.6 Å². The highest BCUT2D eigenvalue weighted by Crippen LogP contribution is 2.24. The zero-order valence-electron chi connectivity index (χ0n) is 29.5. The predicted molar refractivity (Wildman–Crippen MR) is 216 cm³/mol. The molecule has 3 aromatic rings. The molecule has 0 aromatic carbocycles. The summed E-state index contributed by atoms with van der Waals surface area (Å²) in [5.41, 5.74) is 7.31. The van der Waals surface area contributed by atoms with Gasteiger partial charge in [0.2, 0.25) is 0 Å². The quantitative estimate of drug-likeness (QED) is 0.253. The molecular formula is C44H49N6-3. The van der Waals surface area contributed by atoms with Crippen molar-refractivity contribution in [2.45, 2.75) is 46.0 Å². The van der Waals surface area contributed by atoms with Gasteiger partial charge in [0.05, 0.1) is 0 Å². The van der Waals surface area contributed by atoms with Crippen LogP contribution in [0, 0.1) is 0 Å². The lowest BCUT2D eigenvalue weighted by atomic mass is 9.93. The van der Waals surface area contributed by atoms with Gasteiger partial charge in [-0.3, -0.25) is 15.0 Å². The molecule has 0 spiro atoms. The van der Waals surface area contributed by atoms with Crippen molar-refractivity contribution >= 4 is 12.2 Å². The normalized spacial score (nSPS) is 13.3. The lowest BCUT2D eigenvalue weighted by Crippen LogP contribution is -1.96. The van der Waals surface area contributed by atoms with Crippen LogP contribution in [0.15, 0.2) is 195 Å². The van der Waals surface area contributed by atoms with Gasteiger partial charge in [-0.25, -0.2) is 0 Å². The Kier molecular flexibility index (Phi) is 21.7. The fourth-order valence-electron chi connectivity index (χ4n) is 4.24. The van der Waals surface area contributed by atoms with Gasteiger partial charge in [-0.2, -0.15) is 37.2 Å². The van der Waals surface area contributed by atoms with E-state index >= 15 is 0 Å². The Hall–Kier alpha value is -6.01. The van der Waals surface area contributed by atoms with Crippen LogP contribution in [-0.2, 0) is 0 Å². The number of aromatic nitrogens is 3. The van der Waals surface area contributed by atoms with Crippen LogP contribution in [0.3, 0.4) is 0 Å². The third kappa shape index (κ3) is 18.4. The molecule has 0 amide bonds. The predicted octanol–water partition coefficient (Wildman–Crippen LogP) is 12.8. The van der Waals surface area contributed by atoms with E-state index in [-0.39, 0.29) is 0 Å². The molecule has 6 nitrogen and oxygen atoms in total. The summed E-state index contributed by atoms with van der Waals surface area (Å²) in [5.74, 6) is 0.575. The summed E-state index contributed by atoms with van der Waals surface area (Å²) in [4.78, 5) is 11.8. The average Bonchev–Trinajstić information content (AvgIpc) is 3.21. The van der Waals surface area contributed by atoms with E-state index in [1.807, 2.05) is 111 Å². The molecule has 1 atom stereocenters. The molecule has 0 saturated carbocycles. The van der Waals surface area contributed by atoms with Gasteiger partial charge in [-0.05, 0) is 102 Å². The molecule has 0 radical (unpaired) electrons. The summed E-state index contributed by atoms with van der Waals surface area (Å²) in [5, 5.41) is 11.8. The van der Waals surface area contributed by atoms with Crippen LogP contribution in [-0.4, -0.2) is 15.0 Å². The molecule has 3 aromatic heterocycles. The van der Waals surface area contributed by atoms with Gasteiger partial charge in [-0.15, -0.1) is 0 Å². The molecule has 0 aliphatic carbocycles. The fraction of sp³-hybridized carbons (Fsp3) is 0.159. The Morgan fingerprint density at radius 1 is 0.560 bits per heavy atom. The molecule has 1 unspecified atom stereocenters. The van der Waals surface area contributed by atoms with Crippen molar-refractivity contribution in [3.63, 3.8) is 0 Å². The van der Waals surface area contributed by atoms with Crippen molar-refractivity contribution in [3.8, 4) is 0 Å². The van der Waals surface area contributed by atoms with E-state index in [1.54, 1.807) is 49.3 Å². The summed E-state index contributed by atoms with van der Waals surface area (Å²) in [6.07, 6.45) is 47.0. The summed E-state index contributed by atoms with van der Waals surface area (Å²) in [7, 11) is 0. The van der Waals surface area contributed by atoms with Crippen LogP contribution in [0.4, 0.5) is 0 Å². The molecule has 6 heteroatoms. The molecule has 3 aliphatic rings. The Morgan fingerprint density at radius 3 is 1.26 bits per heavy atom. The molecule has 258 valence electrons. The molecule has 6 rings (SSSR count). The maximum Gasteiger partial charge on any atom is 0.0273 e. The summed E-state index contributed by atoms with van der Waals surface area (Å²) in [6.45, 7) is 13.6. The first-order valence-electron chi connectivity index (χ1n) is 16.7. The lowest BCUT2D eigenvalue weighted by Gasteiger charge is -2.15. The zero-order chi connectivity index (χ0) is 35.9. The Balaban J connectivity index is 0.000000227. The molecular weight excluding hydrogens is 613 g/mol. The Labute approximate surface area is 300 Å². The second-order valence-corrected chi connectivity index (χ2v) is 10.5. The number of hydrogen-bond acceptors (Lipinski definition) is 3. The highest BCUT2D eigenvalue weighted by atomic mass is 14.8. The maximum absolute atomic E-state index is 4.06. The van der Waals surface area contributed by atoms with Gasteiger partial charge in [-0.1, -0.05) is 93.8 Å². The van der Waals surface area contributed by atoms with Crippen LogP contribution in [0.25, 0.3) is 28.1 Å². The second-order valence-electron chi connectivity index (χ2n) is 10.5. The lowest BCUT2D eigenvalue weighted by molar-refractivity contribution is 0.672. The van der Waals surface area contributed by atoms with E-state index in [0.29, 0.717) is 5.92 Å². The first kappa shape index (κ1) is 40.2. The third-order valence-electron chi connectivity index (χ3n) is 7.08. The van der Waals surface area contributed by atoms with Crippen molar-refractivity contribution in [3.05, 3.63) is 228 Å². The number of hydrogen-bond donors (Lipinski definition) is 0. The number of pyridine rings is 3. The van der Waals surface area contributed by atoms with Crippen LogP contribution in [0.5, 0.6) is 0 Å². The van der Waals surface area contributed by atoms with Gasteiger partial charge in [0.1, 0.15) is 0 Å². The number of nitrogens with zero attached hydrogens (tertiary/aromatic N) is 6. The van der Waals surface area contributed by atoms with Crippen molar-refractivity contribution in [1.82, 2.24) is 15.0 Å². The number of allylic oxidation sites excluding steroid dienone is 12. The van der Waals surface area contributed by atoms with Gasteiger partial charge >= 0.3 is 0 Å². The highest BCUT2D eigenvalue weighted by Gasteiger charge is 2.07. The first-order chi connectivity index (χ1) is 24.6. The zero-order valence-corrected chi connectivity index (χ0v) is 29.5. The first-order valence-corrected chi connectivity index (χ1v) is 16.7. The average molecular weight is 662 g/mol. The minimum atomic E-state index is 0.575. The van der Waals surface area contributed by atoms with Gasteiger partial charge < -0.3 is 16.0 Å². The van der Waals surface area contributed by atoms with E-state index < -0.39 is 0 Å². The smallest absolute Gasteiger partial charge is 0.0273 e. The standard InChI is InChI=1S/C15H17N2.C8H10N.C7H8N.2C7H7N/c1-2-14(15-7-11-17-12-8-15)4-3-13-5-9-16-10-6-13;1-2-3-8-4-6-9-7-5-8;3*1-2-7-3-5-8-6-4-7/h3,5-12,14H,2,4H2,1H3;3-7H,2H2,1H3;2-6H,1H3;2*2-6H,1H2/q3*-1;;. The highest BCUT2D eigenvalue weighted by molar-refractivity contribution is 5.45. The molecule has 0 fully saturated rings. The van der Waals surface area contributed by atoms with E-state index in [1.165, 1.54) is 22.3 Å². The van der Waals surface area contributed by atoms with Gasteiger partial charge in [0, 0.05) is 37.2 Å². The monoisotopic (exact) mass is 661 g/mol. The SMILES string of the molecule is C=Cc1ccncc1.C=Cc1ccncc1.CC=C1C=C[N-]C=C1.CCC(CC=C1C=C[N-]C=C1)c1ccncc1.CCC=C1C=C[N-]C=C1. The second kappa shape index (κ2) is 27.0. The topological polar surface area (TPSA) is 81.0 Å². The van der Waals surface area contributed by atoms with E-state index in [0.717, 1.165) is 30.4 Å². The summed E-state index contributed by atoms with van der Waals surface area (Å²) < 4.78 is 0. The van der Waals surface area contributed by atoms with Gasteiger partial charge in [0.15, 0.2) is 0 Å². The van der Waals surface area contributed by atoms with Crippen molar-refractivity contribution in [2.24, 2.45) is 0 Å². The Bertz CT molecular complexity index is 1550. The minimum absolute atomic E-state index is 0.575. The summed E-state index contributed by atoms with van der Waals surface area (Å²) in [6, 6.07) is 11.9. The van der Waals surface area contributed by atoms with Crippen molar-refractivity contribution < 1.29 is 0 Å².